The first-order valence-electron chi connectivity index (χ1n) is 8.08. The zero-order valence-corrected chi connectivity index (χ0v) is 14.5. The summed E-state index contributed by atoms with van der Waals surface area (Å²) < 4.78 is 14.4. The van der Waals surface area contributed by atoms with E-state index in [9.17, 15) is 9.67 Å². The second kappa shape index (κ2) is 7.17. The zero-order valence-electron chi connectivity index (χ0n) is 13.6. The Morgan fingerprint density at radius 1 is 0.708 bits per heavy atom. The molecule has 24 heavy (non-hydrogen) atoms. The van der Waals surface area contributed by atoms with Gasteiger partial charge in [-0.2, -0.15) is 0 Å². The third kappa shape index (κ3) is 3.08. The Morgan fingerprint density at radius 3 is 1.46 bits per heavy atom. The average molecular weight is 336 g/mol. The Labute approximate surface area is 143 Å². The van der Waals surface area contributed by atoms with E-state index in [1.165, 1.54) is 0 Å². The average Bonchev–Trinajstić information content (AvgIpc) is 2.64. The van der Waals surface area contributed by atoms with Gasteiger partial charge in [-0.3, -0.25) is 0 Å². The van der Waals surface area contributed by atoms with Gasteiger partial charge in [0, 0.05) is 10.6 Å². The standard InChI is InChI=1S/C21H21O2P/c1-17(22)21(18-11-5-2-6-12-18)24(23,19-13-7-3-8-14-19)20-15-9-4-10-16-20/h2-17,21-22H,1H3. The van der Waals surface area contributed by atoms with Crippen LogP contribution in [0.1, 0.15) is 18.1 Å². The molecule has 3 aromatic rings. The van der Waals surface area contributed by atoms with E-state index in [1.807, 2.05) is 91.0 Å². The van der Waals surface area contributed by atoms with Crippen LogP contribution >= 0.6 is 7.14 Å². The van der Waals surface area contributed by atoms with Crippen LogP contribution in [0.2, 0.25) is 0 Å². The van der Waals surface area contributed by atoms with Gasteiger partial charge in [-0.1, -0.05) is 91.0 Å². The zero-order chi connectivity index (χ0) is 17.0. The van der Waals surface area contributed by atoms with E-state index in [0.717, 1.165) is 16.2 Å². The van der Waals surface area contributed by atoms with Crippen LogP contribution in [-0.4, -0.2) is 11.2 Å². The lowest BCUT2D eigenvalue weighted by molar-refractivity contribution is 0.188. The van der Waals surface area contributed by atoms with Crippen molar-refractivity contribution in [1.29, 1.82) is 0 Å². The third-order valence-electron chi connectivity index (χ3n) is 4.27. The molecule has 0 aliphatic rings. The van der Waals surface area contributed by atoms with Crippen LogP contribution in [0.4, 0.5) is 0 Å². The first kappa shape index (κ1) is 16.7. The van der Waals surface area contributed by atoms with Crippen molar-refractivity contribution in [3.63, 3.8) is 0 Å². The van der Waals surface area contributed by atoms with Gasteiger partial charge in [-0.15, -0.1) is 0 Å². The Morgan fingerprint density at radius 2 is 1.08 bits per heavy atom. The molecule has 0 saturated carbocycles. The van der Waals surface area contributed by atoms with Gasteiger partial charge in [0.05, 0.1) is 11.8 Å². The predicted octanol–water partition coefficient (Wildman–Crippen LogP) is 4.12. The highest BCUT2D eigenvalue weighted by Gasteiger charge is 2.40. The van der Waals surface area contributed by atoms with Crippen LogP contribution in [-0.2, 0) is 4.57 Å². The number of benzene rings is 3. The monoisotopic (exact) mass is 336 g/mol. The molecular weight excluding hydrogens is 315 g/mol. The fourth-order valence-corrected chi connectivity index (χ4v) is 6.58. The van der Waals surface area contributed by atoms with Crippen LogP contribution in [0.5, 0.6) is 0 Å². The molecule has 122 valence electrons. The fourth-order valence-electron chi connectivity index (χ4n) is 3.21. The van der Waals surface area contributed by atoms with Gasteiger partial charge in [0.15, 0.2) is 7.14 Å². The van der Waals surface area contributed by atoms with Crippen molar-refractivity contribution in [1.82, 2.24) is 0 Å². The van der Waals surface area contributed by atoms with E-state index in [2.05, 4.69) is 0 Å². The molecule has 3 aromatic carbocycles. The van der Waals surface area contributed by atoms with Crippen molar-refractivity contribution in [2.45, 2.75) is 18.7 Å². The van der Waals surface area contributed by atoms with Crippen LogP contribution < -0.4 is 10.6 Å². The normalized spacial score (nSPS) is 14.1. The maximum atomic E-state index is 14.4. The second-order valence-electron chi connectivity index (χ2n) is 5.93. The SMILES string of the molecule is CC(O)C(c1ccccc1)P(=O)(c1ccccc1)c1ccccc1. The predicted molar refractivity (Wildman–Crippen MR) is 101 cm³/mol. The maximum absolute atomic E-state index is 14.4. The van der Waals surface area contributed by atoms with E-state index in [4.69, 9.17) is 0 Å². The maximum Gasteiger partial charge on any atom is 0.152 e. The molecule has 0 saturated heterocycles. The van der Waals surface area contributed by atoms with E-state index in [1.54, 1.807) is 6.92 Å². The summed E-state index contributed by atoms with van der Waals surface area (Å²) in [6.07, 6.45) is -0.737. The summed E-state index contributed by atoms with van der Waals surface area (Å²) >= 11 is 0. The van der Waals surface area contributed by atoms with Gasteiger partial charge >= 0.3 is 0 Å². The minimum absolute atomic E-state index is 0.483. The summed E-state index contributed by atoms with van der Waals surface area (Å²) in [5, 5.41) is 12.1. The molecule has 0 radical (unpaired) electrons. The minimum Gasteiger partial charge on any atom is -0.392 e. The molecule has 2 unspecified atom stereocenters. The number of aliphatic hydroxyl groups excluding tert-OH is 1. The number of hydrogen-bond acceptors (Lipinski definition) is 2. The van der Waals surface area contributed by atoms with E-state index in [0.29, 0.717) is 0 Å². The molecule has 2 nitrogen and oxygen atoms in total. The highest BCUT2D eigenvalue weighted by Crippen LogP contribution is 2.58. The topological polar surface area (TPSA) is 37.3 Å². The Balaban J connectivity index is 2.26. The molecule has 1 N–H and O–H groups in total. The van der Waals surface area contributed by atoms with Crippen LogP contribution in [0, 0.1) is 0 Å². The van der Waals surface area contributed by atoms with Crippen molar-refractivity contribution in [2.24, 2.45) is 0 Å². The van der Waals surface area contributed by atoms with Gasteiger partial charge in [-0.05, 0) is 12.5 Å². The molecular formula is C21H21O2P. The Bertz CT molecular complexity index is 771. The van der Waals surface area contributed by atoms with E-state index in [-0.39, 0.29) is 0 Å². The van der Waals surface area contributed by atoms with Gasteiger partial charge < -0.3 is 9.67 Å². The van der Waals surface area contributed by atoms with E-state index >= 15 is 0 Å². The second-order valence-corrected chi connectivity index (χ2v) is 8.83. The lowest BCUT2D eigenvalue weighted by Crippen LogP contribution is -2.27. The highest BCUT2D eigenvalue weighted by atomic mass is 31.2. The quantitative estimate of drug-likeness (QED) is 0.712. The molecule has 3 rings (SSSR count). The molecule has 0 aliphatic heterocycles. The lowest BCUT2D eigenvalue weighted by Gasteiger charge is -2.31. The molecule has 0 bridgehead atoms. The number of aliphatic hydroxyl groups is 1. The summed E-state index contributed by atoms with van der Waals surface area (Å²) in [4.78, 5) is 0. The van der Waals surface area contributed by atoms with Crippen molar-refractivity contribution in [2.75, 3.05) is 0 Å². The fraction of sp³-hybridized carbons (Fsp3) is 0.143. The molecule has 0 amide bonds. The lowest BCUT2D eigenvalue weighted by atomic mass is 10.1. The first-order valence-corrected chi connectivity index (χ1v) is 9.85. The molecule has 0 aromatic heterocycles. The molecule has 0 spiro atoms. The van der Waals surface area contributed by atoms with Crippen molar-refractivity contribution in [3.05, 3.63) is 96.6 Å². The number of hydrogen-bond donors (Lipinski definition) is 1. The van der Waals surface area contributed by atoms with Gasteiger partial charge in [0.2, 0.25) is 0 Å². The Hall–Kier alpha value is -2.15. The third-order valence-corrected chi connectivity index (χ3v) is 7.91. The summed E-state index contributed by atoms with van der Waals surface area (Å²) in [6, 6.07) is 28.7. The van der Waals surface area contributed by atoms with E-state index < -0.39 is 18.9 Å². The highest BCUT2D eigenvalue weighted by molar-refractivity contribution is 7.79. The number of rotatable bonds is 5. The molecule has 2 atom stereocenters. The summed E-state index contributed by atoms with van der Waals surface area (Å²) in [5.74, 6) is 0. The smallest absolute Gasteiger partial charge is 0.152 e. The summed E-state index contributed by atoms with van der Waals surface area (Å²) in [5.41, 5.74) is 0.409. The van der Waals surface area contributed by atoms with Gasteiger partial charge in [-0.25, -0.2) is 0 Å². The first-order chi connectivity index (χ1) is 11.6. The molecule has 0 heterocycles. The van der Waals surface area contributed by atoms with Gasteiger partial charge in [0.1, 0.15) is 0 Å². The van der Waals surface area contributed by atoms with Crippen molar-refractivity contribution in [3.8, 4) is 0 Å². The minimum atomic E-state index is -3.06. The van der Waals surface area contributed by atoms with Gasteiger partial charge in [0.25, 0.3) is 0 Å². The molecule has 3 heteroatoms. The molecule has 0 fully saturated rings. The van der Waals surface area contributed by atoms with Crippen molar-refractivity contribution >= 4 is 17.8 Å². The van der Waals surface area contributed by atoms with Crippen molar-refractivity contribution < 1.29 is 9.67 Å². The summed E-state index contributed by atoms with van der Waals surface area (Å²) in [6.45, 7) is 1.72. The largest absolute Gasteiger partial charge is 0.392 e. The Kier molecular flexibility index (Phi) is 4.99. The van der Waals surface area contributed by atoms with Crippen LogP contribution in [0.15, 0.2) is 91.0 Å². The van der Waals surface area contributed by atoms with Crippen LogP contribution in [0.3, 0.4) is 0 Å². The summed E-state index contributed by atoms with van der Waals surface area (Å²) in [7, 11) is -3.06. The van der Waals surface area contributed by atoms with Crippen LogP contribution in [0.25, 0.3) is 0 Å². The molecule has 0 aliphatic carbocycles.